The molecule has 0 saturated heterocycles. The Balaban J connectivity index is 1.34. The van der Waals surface area contributed by atoms with Gasteiger partial charge in [-0.1, -0.05) is 17.7 Å². The van der Waals surface area contributed by atoms with E-state index in [9.17, 15) is 31.5 Å². The number of carbonyl (C=O) groups is 2. The van der Waals surface area contributed by atoms with Crippen LogP contribution in [0.15, 0.2) is 24.3 Å². The predicted molar refractivity (Wildman–Crippen MR) is 159 cm³/mol. The number of methoxy groups -OCH3 is 1. The van der Waals surface area contributed by atoms with Crippen LogP contribution >= 0.6 is 11.6 Å². The lowest BCUT2D eigenvalue weighted by molar-refractivity contribution is -0.192. The van der Waals surface area contributed by atoms with Crippen molar-refractivity contribution in [2.75, 3.05) is 25.6 Å². The van der Waals surface area contributed by atoms with Crippen LogP contribution in [0.4, 0.5) is 33.6 Å². The number of fused-ring (bicyclic) bond motifs is 1. The Morgan fingerprint density at radius 1 is 1.11 bits per heavy atom. The van der Waals surface area contributed by atoms with Crippen molar-refractivity contribution in [2.45, 2.75) is 63.7 Å². The number of ether oxygens (including phenoxy) is 2. The van der Waals surface area contributed by atoms with Gasteiger partial charge in [-0.3, -0.25) is 14.2 Å². The fraction of sp³-hybridized carbons (Fsp3) is 0.533. The van der Waals surface area contributed by atoms with E-state index in [1.165, 1.54) is 13.2 Å². The highest BCUT2D eigenvalue weighted by Crippen LogP contribution is 2.57. The highest BCUT2D eigenvalue weighted by Gasteiger charge is 2.68. The molecule has 250 valence electrons. The second kappa shape index (κ2) is 13.6. The number of imidazole rings is 1. The number of aromatic nitrogens is 3. The summed E-state index contributed by atoms with van der Waals surface area (Å²) in [7, 11) is 3.18. The van der Waals surface area contributed by atoms with Crippen molar-refractivity contribution in [1.29, 1.82) is 0 Å². The number of hydrogen-bond donors (Lipinski definition) is 3. The van der Waals surface area contributed by atoms with Gasteiger partial charge in [0.15, 0.2) is 5.65 Å². The molecule has 2 aromatic heterocycles. The smallest absolute Gasteiger partial charge is 0.403 e. The molecule has 16 heteroatoms. The average Bonchev–Trinajstić information content (AvgIpc) is 3.79. The van der Waals surface area contributed by atoms with Crippen molar-refractivity contribution in [3.05, 3.63) is 40.4 Å². The molecule has 0 atom stereocenters. The van der Waals surface area contributed by atoms with Crippen molar-refractivity contribution in [3.63, 3.8) is 0 Å². The first kappa shape index (κ1) is 33.6. The molecule has 0 bridgehead atoms. The number of benzene rings is 1. The third-order valence-corrected chi connectivity index (χ3v) is 8.83. The van der Waals surface area contributed by atoms with Gasteiger partial charge in [0.05, 0.1) is 17.3 Å². The largest absolute Gasteiger partial charge is 0.475 e. The van der Waals surface area contributed by atoms with Crippen LogP contribution < -0.4 is 20.7 Å². The molecule has 5 rings (SSSR count). The molecule has 2 aliphatic rings. The van der Waals surface area contributed by atoms with Gasteiger partial charge in [-0.05, 0) is 62.3 Å². The van der Waals surface area contributed by atoms with Crippen LogP contribution in [0.25, 0.3) is 11.2 Å². The normalized spacial score (nSPS) is 19.2. The van der Waals surface area contributed by atoms with Crippen LogP contribution in [0.2, 0.25) is 5.02 Å². The highest BCUT2D eigenvalue weighted by molar-refractivity contribution is 6.33. The topological polar surface area (TPSA) is 119 Å². The van der Waals surface area contributed by atoms with Crippen LogP contribution in [0.5, 0.6) is 5.88 Å². The Kier molecular flexibility index (Phi) is 9.92. The third kappa shape index (κ3) is 7.14. The maximum absolute atomic E-state index is 13.4. The number of anilines is 2. The SMILES string of the molecule is COCCOc1nc2c(cc1C(=O)N[C@H]1CC[C@H](C(F)F)CC1)nc(Nc1cc(CNC(=O)C3(C(F)(F)F)CC3)ccc1Cl)n2C. The molecule has 2 aliphatic carbocycles. The fourth-order valence-corrected chi connectivity index (χ4v) is 5.66. The first-order valence-corrected chi connectivity index (χ1v) is 15.2. The van der Waals surface area contributed by atoms with E-state index in [0.717, 1.165) is 0 Å². The molecule has 2 heterocycles. The summed E-state index contributed by atoms with van der Waals surface area (Å²) >= 11 is 6.41. The van der Waals surface area contributed by atoms with Crippen LogP contribution in [0.1, 0.15) is 54.4 Å². The number of carbonyl (C=O) groups excluding carboxylic acids is 2. The minimum atomic E-state index is -4.61. The van der Waals surface area contributed by atoms with Crippen LogP contribution in [0, 0.1) is 11.3 Å². The molecule has 2 amide bonds. The van der Waals surface area contributed by atoms with Gasteiger partial charge in [0.1, 0.15) is 23.1 Å². The van der Waals surface area contributed by atoms with Gasteiger partial charge in [-0.25, -0.2) is 13.8 Å². The van der Waals surface area contributed by atoms with Gasteiger partial charge in [-0.2, -0.15) is 18.2 Å². The summed E-state index contributed by atoms with van der Waals surface area (Å²) in [5, 5.41) is 8.66. The molecule has 0 unspecified atom stereocenters. The van der Waals surface area contributed by atoms with Crippen LogP contribution in [-0.2, 0) is 23.1 Å². The average molecular weight is 673 g/mol. The van der Waals surface area contributed by atoms with Crippen LogP contribution in [0.3, 0.4) is 0 Å². The Morgan fingerprint density at radius 2 is 1.83 bits per heavy atom. The number of hydrogen-bond acceptors (Lipinski definition) is 7. The van der Waals surface area contributed by atoms with Crippen LogP contribution in [-0.4, -0.2) is 65.3 Å². The molecule has 2 fully saturated rings. The molecular weight excluding hydrogens is 639 g/mol. The van der Waals surface area contributed by atoms with E-state index >= 15 is 0 Å². The summed E-state index contributed by atoms with van der Waals surface area (Å²) in [4.78, 5) is 34.8. The lowest BCUT2D eigenvalue weighted by atomic mass is 9.86. The molecule has 1 aromatic carbocycles. The second-order valence-electron chi connectivity index (χ2n) is 11.6. The Hall–Kier alpha value is -3.72. The molecule has 10 nitrogen and oxygen atoms in total. The van der Waals surface area contributed by atoms with E-state index in [2.05, 4.69) is 25.9 Å². The number of nitrogens with zero attached hydrogens (tertiary/aromatic N) is 3. The molecule has 0 aliphatic heterocycles. The van der Waals surface area contributed by atoms with E-state index in [1.54, 1.807) is 29.8 Å². The number of rotatable bonds is 12. The standard InChI is InChI=1S/C30H34ClF5N6O4/c1-42-24-22(14-19(26(41-24)46-12-11-45-2)25(43)38-18-6-4-17(5-7-18)23(32)33)40-28(42)39-21-13-16(3-8-20(21)31)15-37-27(44)29(9-10-29)30(34,35)36/h3,8,13-14,17-18,23H,4-7,9-12,15H2,1-2H3,(H,37,44)(H,38,43)(H,39,40)/t17-,18-. The number of nitrogens with one attached hydrogen (secondary N) is 3. The zero-order chi connectivity index (χ0) is 33.2. The van der Waals surface area contributed by atoms with Crippen molar-refractivity contribution in [1.82, 2.24) is 25.2 Å². The number of alkyl halides is 5. The summed E-state index contributed by atoms with van der Waals surface area (Å²) in [5.74, 6) is -1.88. The third-order valence-electron chi connectivity index (χ3n) is 8.50. The number of pyridine rings is 1. The fourth-order valence-electron chi connectivity index (χ4n) is 5.49. The van der Waals surface area contributed by atoms with E-state index in [4.69, 9.17) is 21.1 Å². The minimum absolute atomic E-state index is 0.0425. The van der Waals surface area contributed by atoms with E-state index in [1.807, 2.05) is 0 Å². The monoisotopic (exact) mass is 672 g/mol. The summed E-state index contributed by atoms with van der Waals surface area (Å²) < 4.78 is 78.5. The van der Waals surface area contributed by atoms with Gasteiger partial charge < -0.3 is 25.4 Å². The first-order chi connectivity index (χ1) is 21.8. The van der Waals surface area contributed by atoms with Gasteiger partial charge in [0.2, 0.25) is 24.2 Å². The lowest BCUT2D eigenvalue weighted by Crippen LogP contribution is -2.40. The molecule has 2 saturated carbocycles. The van der Waals surface area contributed by atoms with Crippen molar-refractivity contribution in [3.8, 4) is 5.88 Å². The molecular formula is C30H34ClF5N6O4. The second-order valence-corrected chi connectivity index (χ2v) is 12.0. The van der Waals surface area contributed by atoms with Crippen molar-refractivity contribution >= 4 is 46.2 Å². The van der Waals surface area contributed by atoms with Gasteiger partial charge in [0.25, 0.3) is 5.91 Å². The lowest BCUT2D eigenvalue weighted by Gasteiger charge is -2.28. The predicted octanol–water partition coefficient (Wildman–Crippen LogP) is 5.90. The van der Waals surface area contributed by atoms with Gasteiger partial charge >= 0.3 is 6.18 Å². The van der Waals surface area contributed by atoms with Crippen molar-refractivity contribution < 1.29 is 41.0 Å². The molecule has 3 aromatic rings. The minimum Gasteiger partial charge on any atom is -0.475 e. The Labute approximate surface area is 266 Å². The maximum Gasteiger partial charge on any atom is 0.403 e. The number of halogens is 6. The molecule has 46 heavy (non-hydrogen) atoms. The Bertz CT molecular complexity index is 1590. The molecule has 0 radical (unpaired) electrons. The molecule has 3 N–H and O–H groups in total. The van der Waals surface area contributed by atoms with E-state index in [0.29, 0.717) is 48.1 Å². The van der Waals surface area contributed by atoms with Gasteiger partial charge in [0, 0.05) is 32.7 Å². The quantitative estimate of drug-likeness (QED) is 0.162. The zero-order valence-electron chi connectivity index (χ0n) is 25.1. The first-order valence-electron chi connectivity index (χ1n) is 14.8. The van der Waals surface area contributed by atoms with E-state index in [-0.39, 0.29) is 61.1 Å². The summed E-state index contributed by atoms with van der Waals surface area (Å²) in [6.45, 7) is 0.209. The zero-order valence-corrected chi connectivity index (χ0v) is 25.9. The Morgan fingerprint density at radius 3 is 2.46 bits per heavy atom. The van der Waals surface area contributed by atoms with Crippen molar-refractivity contribution in [2.24, 2.45) is 18.4 Å². The van der Waals surface area contributed by atoms with Gasteiger partial charge in [-0.15, -0.1) is 0 Å². The summed E-state index contributed by atoms with van der Waals surface area (Å²) in [6, 6.07) is 5.98. The summed E-state index contributed by atoms with van der Waals surface area (Å²) in [6.07, 6.45) is -5.96. The van der Waals surface area contributed by atoms with E-state index < -0.39 is 35.7 Å². The molecule has 0 spiro atoms. The number of amides is 2. The highest BCUT2D eigenvalue weighted by atomic mass is 35.5. The maximum atomic E-state index is 13.4. The summed E-state index contributed by atoms with van der Waals surface area (Å²) in [5.41, 5.74) is -0.617. The number of aryl methyl sites for hydroxylation is 1.